The summed E-state index contributed by atoms with van der Waals surface area (Å²) < 4.78 is 12.2. The highest BCUT2D eigenvalue weighted by Gasteiger charge is 2.28. The lowest BCUT2D eigenvalue weighted by atomic mass is 10.0. The van der Waals surface area contributed by atoms with E-state index in [0.29, 0.717) is 32.2 Å². The van der Waals surface area contributed by atoms with Crippen LogP contribution in [0.2, 0.25) is 0 Å². The molecule has 2 aliphatic rings. The second-order valence-corrected chi connectivity index (χ2v) is 7.29. The Morgan fingerprint density at radius 1 is 1.39 bits per heavy atom. The number of carbonyl (C=O) groups is 1. The molecule has 146 valence electrons. The summed E-state index contributed by atoms with van der Waals surface area (Å²) in [6.45, 7) is 4.05. The van der Waals surface area contributed by atoms with Crippen molar-refractivity contribution < 1.29 is 14.3 Å². The number of rotatable bonds is 3. The van der Waals surface area contributed by atoms with E-state index in [2.05, 4.69) is 35.1 Å². The predicted octanol–water partition coefficient (Wildman–Crippen LogP) is 2.48. The number of methoxy groups -OCH3 is 1. The maximum atomic E-state index is 12.0. The van der Waals surface area contributed by atoms with Crippen LogP contribution in [-0.4, -0.2) is 58.9 Å². The first-order chi connectivity index (χ1) is 13.6. The molecule has 1 aromatic heterocycles. The van der Waals surface area contributed by atoms with Crippen molar-refractivity contribution in [3.05, 3.63) is 35.5 Å². The fourth-order valence-corrected chi connectivity index (χ4v) is 3.33. The Morgan fingerprint density at radius 2 is 2.25 bits per heavy atom. The molecule has 1 aromatic carbocycles. The number of morpholine rings is 1. The maximum absolute atomic E-state index is 12.0. The standard InChI is InChI=1S/C21H24N4O3/c1-15-11-17(6-5-16-3-4-16)7-8-19(15)20-13-24(23-22-20)12-18-14-28-10-9-25(18)21(26)27-2/h7-8,11,13,16,18H,3-4,9-10,12,14H2,1-2H3/t18-/m0/s1. The van der Waals surface area contributed by atoms with E-state index in [1.165, 1.54) is 20.0 Å². The molecule has 2 heterocycles. The number of hydrogen-bond donors (Lipinski definition) is 0. The maximum Gasteiger partial charge on any atom is 0.409 e. The molecule has 1 aliphatic heterocycles. The molecule has 2 fully saturated rings. The summed E-state index contributed by atoms with van der Waals surface area (Å²) in [5.41, 5.74) is 3.99. The molecule has 0 bridgehead atoms. The Balaban J connectivity index is 1.48. The van der Waals surface area contributed by atoms with E-state index in [-0.39, 0.29) is 12.1 Å². The zero-order valence-corrected chi connectivity index (χ0v) is 16.2. The van der Waals surface area contributed by atoms with Gasteiger partial charge < -0.3 is 9.47 Å². The fourth-order valence-electron chi connectivity index (χ4n) is 3.33. The summed E-state index contributed by atoms with van der Waals surface area (Å²) in [5, 5.41) is 8.56. The second kappa shape index (κ2) is 8.03. The summed E-state index contributed by atoms with van der Waals surface area (Å²) in [7, 11) is 1.39. The predicted molar refractivity (Wildman–Crippen MR) is 104 cm³/mol. The van der Waals surface area contributed by atoms with Crippen molar-refractivity contribution in [1.29, 1.82) is 0 Å². The van der Waals surface area contributed by atoms with Crippen molar-refractivity contribution in [3.8, 4) is 23.1 Å². The first-order valence-electron chi connectivity index (χ1n) is 9.59. The van der Waals surface area contributed by atoms with Gasteiger partial charge in [-0.1, -0.05) is 23.1 Å². The Morgan fingerprint density at radius 3 is 3.00 bits per heavy atom. The molecular weight excluding hydrogens is 356 g/mol. The summed E-state index contributed by atoms with van der Waals surface area (Å²) in [6, 6.07) is 6.05. The van der Waals surface area contributed by atoms with Gasteiger partial charge in [0.15, 0.2) is 0 Å². The third kappa shape index (κ3) is 4.18. The minimum atomic E-state index is -0.340. The van der Waals surface area contributed by atoms with Gasteiger partial charge in [-0.2, -0.15) is 0 Å². The molecule has 7 nitrogen and oxygen atoms in total. The number of hydrogen-bond acceptors (Lipinski definition) is 5. The molecule has 1 atom stereocenters. The smallest absolute Gasteiger partial charge is 0.409 e. The van der Waals surface area contributed by atoms with Crippen LogP contribution in [-0.2, 0) is 16.0 Å². The zero-order valence-electron chi connectivity index (χ0n) is 16.2. The molecule has 1 aliphatic carbocycles. The third-order valence-electron chi connectivity index (χ3n) is 5.07. The summed E-state index contributed by atoms with van der Waals surface area (Å²) >= 11 is 0. The summed E-state index contributed by atoms with van der Waals surface area (Å²) in [5.74, 6) is 7.13. The van der Waals surface area contributed by atoms with Crippen molar-refractivity contribution in [1.82, 2.24) is 19.9 Å². The topological polar surface area (TPSA) is 69.5 Å². The zero-order chi connectivity index (χ0) is 19.5. The van der Waals surface area contributed by atoms with E-state index in [9.17, 15) is 4.79 Å². The van der Waals surface area contributed by atoms with Gasteiger partial charge in [-0.25, -0.2) is 9.48 Å². The molecule has 7 heteroatoms. The Kier molecular flexibility index (Phi) is 5.31. The molecule has 0 radical (unpaired) electrons. The van der Waals surface area contributed by atoms with Gasteiger partial charge in [-0.15, -0.1) is 5.10 Å². The van der Waals surface area contributed by atoms with Crippen LogP contribution in [0, 0.1) is 24.7 Å². The Hall–Kier alpha value is -2.85. The highest BCUT2D eigenvalue weighted by atomic mass is 16.5. The van der Waals surface area contributed by atoms with Crippen molar-refractivity contribution in [2.24, 2.45) is 5.92 Å². The van der Waals surface area contributed by atoms with Crippen LogP contribution in [0.4, 0.5) is 4.79 Å². The lowest BCUT2D eigenvalue weighted by Crippen LogP contribution is -2.50. The van der Waals surface area contributed by atoms with Gasteiger partial charge in [-0.3, -0.25) is 4.90 Å². The lowest BCUT2D eigenvalue weighted by molar-refractivity contribution is -0.0108. The average Bonchev–Trinajstić information content (AvgIpc) is 3.44. The molecule has 0 spiro atoms. The van der Waals surface area contributed by atoms with Crippen LogP contribution in [0.1, 0.15) is 24.0 Å². The molecule has 28 heavy (non-hydrogen) atoms. The number of amides is 1. The van der Waals surface area contributed by atoms with Crippen molar-refractivity contribution >= 4 is 6.09 Å². The van der Waals surface area contributed by atoms with Crippen LogP contribution in [0.25, 0.3) is 11.3 Å². The number of aromatic nitrogens is 3. The highest BCUT2D eigenvalue weighted by Crippen LogP contribution is 2.28. The van der Waals surface area contributed by atoms with Crippen LogP contribution in [0.5, 0.6) is 0 Å². The molecule has 1 saturated carbocycles. The van der Waals surface area contributed by atoms with Crippen molar-refractivity contribution in [3.63, 3.8) is 0 Å². The van der Waals surface area contributed by atoms with E-state index in [0.717, 1.165) is 22.4 Å². The SMILES string of the molecule is COC(=O)N1CCOC[C@@H]1Cn1cc(-c2ccc(C#CC3CC3)cc2C)nn1. The molecule has 0 N–H and O–H groups in total. The van der Waals surface area contributed by atoms with Gasteiger partial charge in [0.25, 0.3) is 0 Å². The Labute approximate surface area is 164 Å². The summed E-state index contributed by atoms with van der Waals surface area (Å²) in [4.78, 5) is 13.6. The second-order valence-electron chi connectivity index (χ2n) is 7.29. The Bertz CT molecular complexity index is 923. The van der Waals surface area contributed by atoms with E-state index in [4.69, 9.17) is 9.47 Å². The van der Waals surface area contributed by atoms with Crippen molar-refractivity contribution in [2.75, 3.05) is 26.9 Å². The van der Waals surface area contributed by atoms with Gasteiger partial charge >= 0.3 is 6.09 Å². The average molecular weight is 380 g/mol. The van der Waals surface area contributed by atoms with E-state index >= 15 is 0 Å². The highest BCUT2D eigenvalue weighted by molar-refractivity contribution is 5.68. The molecule has 1 saturated heterocycles. The monoisotopic (exact) mass is 380 g/mol. The third-order valence-corrected chi connectivity index (χ3v) is 5.07. The number of ether oxygens (including phenoxy) is 2. The van der Waals surface area contributed by atoms with Crippen LogP contribution < -0.4 is 0 Å². The first-order valence-corrected chi connectivity index (χ1v) is 9.59. The van der Waals surface area contributed by atoms with E-state index in [1.54, 1.807) is 9.58 Å². The number of aryl methyl sites for hydroxylation is 1. The number of benzene rings is 1. The first kappa shape index (κ1) is 18.5. The van der Waals surface area contributed by atoms with E-state index < -0.39 is 0 Å². The lowest BCUT2D eigenvalue weighted by Gasteiger charge is -2.34. The molecule has 0 unspecified atom stereocenters. The van der Waals surface area contributed by atoms with Crippen LogP contribution >= 0.6 is 0 Å². The van der Waals surface area contributed by atoms with Gasteiger partial charge in [0.2, 0.25) is 0 Å². The van der Waals surface area contributed by atoms with Gasteiger partial charge in [-0.05, 0) is 37.5 Å². The van der Waals surface area contributed by atoms with Gasteiger partial charge in [0.05, 0.1) is 39.1 Å². The quantitative estimate of drug-likeness (QED) is 0.765. The molecule has 1 amide bonds. The van der Waals surface area contributed by atoms with Gasteiger partial charge in [0, 0.05) is 23.6 Å². The minimum absolute atomic E-state index is 0.128. The van der Waals surface area contributed by atoms with Crippen LogP contribution in [0.15, 0.2) is 24.4 Å². The molecule has 4 rings (SSSR count). The van der Waals surface area contributed by atoms with Crippen LogP contribution in [0.3, 0.4) is 0 Å². The van der Waals surface area contributed by atoms with Gasteiger partial charge in [0.1, 0.15) is 5.69 Å². The fraction of sp³-hybridized carbons (Fsp3) is 0.476. The number of nitrogens with zero attached hydrogens (tertiary/aromatic N) is 4. The normalized spacial score (nSPS) is 19.1. The molecule has 2 aromatic rings. The summed E-state index contributed by atoms with van der Waals surface area (Å²) in [6.07, 6.45) is 4.02. The molecular formula is C21H24N4O3. The minimum Gasteiger partial charge on any atom is -0.453 e. The van der Waals surface area contributed by atoms with Crippen molar-refractivity contribution in [2.45, 2.75) is 32.4 Å². The number of carbonyl (C=O) groups excluding carboxylic acids is 1. The largest absolute Gasteiger partial charge is 0.453 e. The van der Waals surface area contributed by atoms with E-state index in [1.807, 2.05) is 18.3 Å².